The van der Waals surface area contributed by atoms with E-state index in [1.54, 1.807) is 0 Å². The fourth-order valence-corrected chi connectivity index (χ4v) is 4.19. The van der Waals surface area contributed by atoms with Crippen molar-refractivity contribution in [3.05, 3.63) is 17.5 Å². The molecule has 1 spiro atoms. The molecule has 9 nitrogen and oxygen atoms in total. The van der Waals surface area contributed by atoms with Crippen LogP contribution in [0.3, 0.4) is 0 Å². The summed E-state index contributed by atoms with van der Waals surface area (Å²) in [4.78, 5) is 25.2. The number of alkyl halides is 3. The van der Waals surface area contributed by atoms with Crippen LogP contribution in [0, 0.1) is 12.8 Å². The van der Waals surface area contributed by atoms with E-state index in [1.165, 1.54) is 0 Å². The number of halogens is 3. The average Bonchev–Trinajstić information content (AvgIpc) is 3.38. The Balaban J connectivity index is 0.000000360. The summed E-state index contributed by atoms with van der Waals surface area (Å²) in [7, 11) is 0. The molecule has 2 amide bonds. The smallest absolute Gasteiger partial charge is 0.475 e. The summed E-state index contributed by atoms with van der Waals surface area (Å²) >= 11 is 0. The van der Waals surface area contributed by atoms with Gasteiger partial charge in [0.2, 0.25) is 0 Å². The van der Waals surface area contributed by atoms with E-state index in [1.807, 2.05) is 17.9 Å². The summed E-state index contributed by atoms with van der Waals surface area (Å²) in [6.45, 7) is 7.95. The molecule has 180 valence electrons. The molecule has 3 fully saturated rings. The van der Waals surface area contributed by atoms with Crippen LogP contribution < -0.4 is 5.32 Å². The van der Waals surface area contributed by atoms with E-state index in [0.29, 0.717) is 5.92 Å². The summed E-state index contributed by atoms with van der Waals surface area (Å²) in [5.74, 6) is -1.46. The van der Waals surface area contributed by atoms with Crippen molar-refractivity contribution in [1.29, 1.82) is 0 Å². The predicted molar refractivity (Wildman–Crippen MR) is 106 cm³/mol. The zero-order valence-corrected chi connectivity index (χ0v) is 18.0. The Morgan fingerprint density at radius 3 is 2.47 bits per heavy atom. The second-order valence-electron chi connectivity index (χ2n) is 8.66. The number of amides is 2. The number of hydrogen-bond donors (Lipinski definition) is 2. The Hall–Kier alpha value is -2.34. The lowest BCUT2D eigenvalue weighted by atomic mass is 9.83. The maximum absolute atomic E-state index is 12.1. The van der Waals surface area contributed by atoms with Crippen LogP contribution in [0.2, 0.25) is 0 Å². The molecule has 3 saturated heterocycles. The first-order valence-corrected chi connectivity index (χ1v) is 10.7. The van der Waals surface area contributed by atoms with Crippen LogP contribution in [0.5, 0.6) is 0 Å². The number of urea groups is 1. The number of carboxylic acid groups (broad SMARTS) is 1. The van der Waals surface area contributed by atoms with Gasteiger partial charge in [-0.2, -0.15) is 13.2 Å². The summed E-state index contributed by atoms with van der Waals surface area (Å²) in [6.07, 6.45) is -0.622. The number of carboxylic acids is 1. The largest absolute Gasteiger partial charge is 0.490 e. The summed E-state index contributed by atoms with van der Waals surface area (Å²) in [6, 6.07) is 2.08. The molecule has 1 aromatic heterocycles. The second kappa shape index (κ2) is 10.1. The van der Waals surface area contributed by atoms with Crippen LogP contribution in [0.25, 0.3) is 0 Å². The van der Waals surface area contributed by atoms with E-state index in [9.17, 15) is 18.0 Å². The Kier molecular flexibility index (Phi) is 7.65. The van der Waals surface area contributed by atoms with Gasteiger partial charge in [-0.25, -0.2) is 9.59 Å². The van der Waals surface area contributed by atoms with Crippen molar-refractivity contribution < 1.29 is 37.1 Å². The molecule has 0 saturated carbocycles. The first-order chi connectivity index (χ1) is 15.1. The van der Waals surface area contributed by atoms with E-state index in [2.05, 4.69) is 15.4 Å². The number of aliphatic carboxylic acids is 1. The monoisotopic (exact) mass is 462 g/mol. The van der Waals surface area contributed by atoms with Crippen LogP contribution in [-0.2, 0) is 16.1 Å². The molecule has 1 aromatic rings. The van der Waals surface area contributed by atoms with Crippen molar-refractivity contribution >= 4 is 12.0 Å². The Bertz CT molecular complexity index is 778. The fourth-order valence-electron chi connectivity index (χ4n) is 4.19. The van der Waals surface area contributed by atoms with Crippen LogP contribution in [0.1, 0.15) is 37.1 Å². The number of aromatic nitrogens is 1. The first kappa shape index (κ1) is 24.3. The highest BCUT2D eigenvalue weighted by Crippen LogP contribution is 2.36. The standard InChI is InChI=1S/C18H28N4O3.C2HF3O2/c1-14-8-16(20-25-14)10-21-12-18(13-21)5-4-15(11-24-18)9-19-17(23)22-6-2-3-7-22;3-2(4,5)1(6)7/h8,15H,2-7,9-13H2,1H3,(H,19,23);(H,6,7). The summed E-state index contributed by atoms with van der Waals surface area (Å²) in [5.41, 5.74) is 1.01. The van der Waals surface area contributed by atoms with Crippen molar-refractivity contribution in [1.82, 2.24) is 20.3 Å². The number of likely N-dealkylation sites (tertiary alicyclic amines) is 2. The van der Waals surface area contributed by atoms with E-state index in [-0.39, 0.29) is 11.6 Å². The van der Waals surface area contributed by atoms with Crippen molar-refractivity contribution in [2.24, 2.45) is 5.92 Å². The maximum Gasteiger partial charge on any atom is 0.490 e. The predicted octanol–water partition coefficient (Wildman–Crippen LogP) is 2.40. The van der Waals surface area contributed by atoms with Gasteiger partial charge in [-0.1, -0.05) is 5.16 Å². The number of nitrogens with one attached hydrogen (secondary N) is 1. The molecule has 0 bridgehead atoms. The average molecular weight is 462 g/mol. The summed E-state index contributed by atoms with van der Waals surface area (Å²) in [5, 5.41) is 14.3. The number of rotatable bonds is 4. The van der Waals surface area contributed by atoms with Gasteiger partial charge in [0, 0.05) is 45.3 Å². The molecule has 1 atom stereocenters. The number of carbonyl (C=O) groups excluding carboxylic acids is 1. The third kappa shape index (κ3) is 6.58. The molecule has 4 rings (SSSR count). The minimum absolute atomic E-state index is 0.0221. The van der Waals surface area contributed by atoms with Gasteiger partial charge in [0.1, 0.15) is 5.76 Å². The first-order valence-electron chi connectivity index (χ1n) is 10.7. The number of aryl methyl sites for hydroxylation is 1. The van der Waals surface area contributed by atoms with E-state index in [0.717, 1.165) is 83.0 Å². The van der Waals surface area contributed by atoms with Crippen molar-refractivity contribution in [2.45, 2.75) is 50.9 Å². The molecule has 0 aliphatic carbocycles. The fraction of sp³-hybridized carbons (Fsp3) is 0.750. The van der Waals surface area contributed by atoms with Gasteiger partial charge in [-0.3, -0.25) is 4.90 Å². The Labute approximate surface area is 183 Å². The normalized spacial score (nSPS) is 22.8. The third-order valence-corrected chi connectivity index (χ3v) is 5.90. The topological polar surface area (TPSA) is 108 Å². The van der Waals surface area contributed by atoms with Crippen molar-refractivity contribution in [3.63, 3.8) is 0 Å². The van der Waals surface area contributed by atoms with Crippen LogP contribution in [0.15, 0.2) is 10.6 Å². The molecule has 12 heteroatoms. The molecule has 3 aliphatic rings. The van der Waals surface area contributed by atoms with Gasteiger partial charge in [0.15, 0.2) is 0 Å². The molecule has 3 aliphatic heterocycles. The van der Waals surface area contributed by atoms with Gasteiger partial charge in [0.05, 0.1) is 17.9 Å². The summed E-state index contributed by atoms with van der Waals surface area (Å²) < 4.78 is 43.1. The van der Waals surface area contributed by atoms with Gasteiger partial charge in [-0.15, -0.1) is 0 Å². The quantitative estimate of drug-likeness (QED) is 0.707. The maximum atomic E-state index is 12.1. The molecular formula is C20H29F3N4O5. The molecular weight excluding hydrogens is 433 g/mol. The van der Waals surface area contributed by atoms with E-state index < -0.39 is 12.1 Å². The van der Waals surface area contributed by atoms with Gasteiger partial charge in [0.25, 0.3) is 0 Å². The Morgan fingerprint density at radius 1 is 1.31 bits per heavy atom. The number of hydrogen-bond acceptors (Lipinski definition) is 6. The molecule has 4 heterocycles. The third-order valence-electron chi connectivity index (χ3n) is 5.90. The molecule has 0 radical (unpaired) electrons. The highest BCUT2D eigenvalue weighted by atomic mass is 19.4. The van der Waals surface area contributed by atoms with Crippen LogP contribution in [-0.4, -0.2) is 83.2 Å². The lowest BCUT2D eigenvalue weighted by Crippen LogP contribution is -2.64. The SMILES string of the molecule is Cc1cc(CN2CC3(CCC(CNC(=O)N4CCCC4)CO3)C2)no1.O=C(O)C(F)(F)F. The zero-order chi connectivity index (χ0) is 23.4. The molecule has 1 unspecified atom stereocenters. The molecule has 0 aromatic carbocycles. The highest BCUT2D eigenvalue weighted by molar-refractivity contribution is 5.74. The van der Waals surface area contributed by atoms with E-state index >= 15 is 0 Å². The van der Waals surface area contributed by atoms with Crippen molar-refractivity contribution in [2.75, 3.05) is 39.3 Å². The van der Waals surface area contributed by atoms with Crippen LogP contribution >= 0.6 is 0 Å². The van der Waals surface area contributed by atoms with Crippen molar-refractivity contribution in [3.8, 4) is 0 Å². The van der Waals surface area contributed by atoms with E-state index in [4.69, 9.17) is 19.2 Å². The zero-order valence-electron chi connectivity index (χ0n) is 18.0. The lowest BCUT2D eigenvalue weighted by molar-refractivity contribution is -0.192. The molecule has 2 N–H and O–H groups in total. The minimum atomic E-state index is -5.08. The highest BCUT2D eigenvalue weighted by Gasteiger charge is 2.46. The number of nitrogens with zero attached hydrogens (tertiary/aromatic N) is 3. The minimum Gasteiger partial charge on any atom is -0.475 e. The van der Waals surface area contributed by atoms with Gasteiger partial charge in [-0.05, 0) is 38.5 Å². The molecule has 32 heavy (non-hydrogen) atoms. The number of carbonyl (C=O) groups is 2. The Morgan fingerprint density at radius 2 is 1.97 bits per heavy atom. The number of ether oxygens (including phenoxy) is 1. The van der Waals surface area contributed by atoms with Crippen LogP contribution in [0.4, 0.5) is 18.0 Å². The lowest BCUT2D eigenvalue weighted by Gasteiger charge is -2.52. The van der Waals surface area contributed by atoms with Gasteiger partial charge >= 0.3 is 18.2 Å². The van der Waals surface area contributed by atoms with Gasteiger partial charge < -0.3 is 24.6 Å². The second-order valence-corrected chi connectivity index (χ2v) is 8.66.